The van der Waals surface area contributed by atoms with Crippen LogP contribution in [0.1, 0.15) is 46.0 Å². The number of ether oxygens (including phenoxy) is 1. The average molecular weight is 365 g/mol. The molecule has 0 amide bonds. The van der Waals surface area contributed by atoms with Gasteiger partial charge in [0.1, 0.15) is 25.1 Å². The Hall–Kier alpha value is -0.910. The smallest absolute Gasteiger partial charge is 0.315 e. The fourth-order valence-electron chi connectivity index (χ4n) is 6.06. The largest absolute Gasteiger partial charge is 0.461 e. The molecule has 26 heavy (non-hydrogen) atoms. The Morgan fingerprint density at radius 3 is 2.92 bits per heavy atom. The first-order valence-electron chi connectivity index (χ1n) is 10.7. The van der Waals surface area contributed by atoms with Crippen molar-refractivity contribution in [3.8, 4) is 0 Å². The highest BCUT2D eigenvalue weighted by atomic mass is 16.6. The molecule has 5 heteroatoms. The summed E-state index contributed by atoms with van der Waals surface area (Å²) >= 11 is 0. The molecule has 0 aromatic rings. The monoisotopic (exact) mass is 364 g/mol. The van der Waals surface area contributed by atoms with E-state index in [9.17, 15) is 9.90 Å². The molecule has 0 unspecified atom stereocenters. The van der Waals surface area contributed by atoms with Crippen LogP contribution in [0.5, 0.6) is 0 Å². The second-order valence-corrected chi connectivity index (χ2v) is 9.32. The average Bonchev–Trinajstić information content (AvgIpc) is 3.23. The normalized spacial score (nSPS) is 43.0. The Morgan fingerprint density at radius 1 is 1.38 bits per heavy atom. The van der Waals surface area contributed by atoms with Gasteiger partial charge in [0.25, 0.3) is 0 Å². The van der Waals surface area contributed by atoms with Gasteiger partial charge in [0.05, 0.1) is 25.7 Å². The van der Waals surface area contributed by atoms with E-state index >= 15 is 0 Å². The molecule has 2 aliphatic heterocycles. The van der Waals surface area contributed by atoms with E-state index in [1.165, 1.54) is 38.0 Å². The highest BCUT2D eigenvalue weighted by Gasteiger charge is 2.60. The van der Waals surface area contributed by atoms with E-state index < -0.39 is 6.10 Å². The number of quaternary nitrogens is 2. The fraction of sp³-hybridized carbons (Fsp3) is 0.857. The Labute approximate surface area is 157 Å². The van der Waals surface area contributed by atoms with E-state index in [4.69, 9.17) is 4.74 Å². The predicted octanol–water partition coefficient (Wildman–Crippen LogP) is -0.486. The summed E-state index contributed by atoms with van der Waals surface area (Å²) in [5.74, 6) is 0.175. The molecule has 2 saturated heterocycles. The molecule has 4 N–H and O–H groups in total. The number of rotatable bonds is 5. The number of carbonyl (C=O) groups excluding carboxylic acids is 1. The van der Waals surface area contributed by atoms with Crippen LogP contribution in [-0.4, -0.2) is 56.0 Å². The van der Waals surface area contributed by atoms with Gasteiger partial charge in [-0.15, -0.1) is 0 Å². The van der Waals surface area contributed by atoms with E-state index in [1.807, 2.05) is 0 Å². The van der Waals surface area contributed by atoms with Crippen LogP contribution in [0.25, 0.3) is 0 Å². The first kappa shape index (κ1) is 18.5. The lowest BCUT2D eigenvalue weighted by Crippen LogP contribution is -3.13. The lowest BCUT2D eigenvalue weighted by atomic mass is 9.55. The quantitative estimate of drug-likeness (QED) is 0.350. The van der Waals surface area contributed by atoms with Crippen molar-refractivity contribution in [2.45, 2.75) is 58.2 Å². The summed E-state index contributed by atoms with van der Waals surface area (Å²) in [6, 6.07) is 0. The van der Waals surface area contributed by atoms with E-state index in [1.54, 1.807) is 4.90 Å². The van der Waals surface area contributed by atoms with Gasteiger partial charge in [-0.1, -0.05) is 25.5 Å². The predicted molar refractivity (Wildman–Crippen MR) is 98.5 cm³/mol. The lowest BCUT2D eigenvalue weighted by Gasteiger charge is -2.51. The van der Waals surface area contributed by atoms with Gasteiger partial charge in [-0.2, -0.15) is 0 Å². The minimum atomic E-state index is -0.475. The molecule has 2 aliphatic carbocycles. The van der Waals surface area contributed by atoms with Crippen molar-refractivity contribution in [2.75, 3.05) is 32.7 Å². The third kappa shape index (κ3) is 3.02. The number of carbonyl (C=O) groups is 1. The standard InChI is InChI=1S/C21H34N2O3/c1-14-6-5-7-15-12-17-18(19(24)21(14,15)2)16(20(25)26-17)13-22-8-11-23-9-3-4-10-23/h7,14,16-19,22,24H,3-6,8-13H2,1-2H3/p+2/t14-,16-,17+,18+,19-,21+/m0/s1. The molecule has 3 fully saturated rings. The maximum absolute atomic E-state index is 12.6. The highest BCUT2D eigenvalue weighted by Crippen LogP contribution is 2.55. The number of hydrogen-bond donors (Lipinski definition) is 3. The van der Waals surface area contributed by atoms with Crippen molar-refractivity contribution in [2.24, 2.45) is 23.2 Å². The van der Waals surface area contributed by atoms with Crippen molar-refractivity contribution >= 4 is 5.97 Å². The van der Waals surface area contributed by atoms with Crippen LogP contribution in [0.15, 0.2) is 11.6 Å². The molecular formula is C21H36N2O3+2. The first-order chi connectivity index (χ1) is 12.5. The molecule has 0 bridgehead atoms. The second kappa shape index (κ2) is 7.25. The van der Waals surface area contributed by atoms with E-state index in [0.29, 0.717) is 5.92 Å². The van der Waals surface area contributed by atoms with Crippen molar-refractivity contribution < 1.29 is 24.9 Å². The number of esters is 1. The molecular weight excluding hydrogens is 328 g/mol. The Morgan fingerprint density at radius 2 is 2.15 bits per heavy atom. The lowest BCUT2D eigenvalue weighted by molar-refractivity contribution is -0.901. The van der Waals surface area contributed by atoms with Gasteiger partial charge in [0.15, 0.2) is 0 Å². The van der Waals surface area contributed by atoms with Gasteiger partial charge in [0.2, 0.25) is 0 Å². The summed E-state index contributed by atoms with van der Waals surface area (Å²) in [6.45, 7) is 10.1. The van der Waals surface area contributed by atoms with Gasteiger partial charge < -0.3 is 20.1 Å². The number of aliphatic hydroxyl groups is 1. The van der Waals surface area contributed by atoms with Crippen molar-refractivity contribution in [1.29, 1.82) is 0 Å². The highest BCUT2D eigenvalue weighted by molar-refractivity contribution is 5.76. The van der Waals surface area contributed by atoms with Gasteiger partial charge in [0, 0.05) is 30.6 Å². The van der Waals surface area contributed by atoms with E-state index in [-0.39, 0.29) is 29.3 Å². The van der Waals surface area contributed by atoms with Gasteiger partial charge in [-0.05, 0) is 18.8 Å². The molecule has 0 radical (unpaired) electrons. The van der Waals surface area contributed by atoms with Crippen molar-refractivity contribution in [3.63, 3.8) is 0 Å². The van der Waals surface area contributed by atoms with Crippen LogP contribution < -0.4 is 10.2 Å². The second-order valence-electron chi connectivity index (χ2n) is 9.32. The Balaban J connectivity index is 1.41. The molecule has 0 aromatic carbocycles. The summed E-state index contributed by atoms with van der Waals surface area (Å²) in [6.07, 6.45) is 7.44. The van der Waals surface area contributed by atoms with Gasteiger partial charge in [-0.3, -0.25) is 4.79 Å². The van der Waals surface area contributed by atoms with Gasteiger partial charge >= 0.3 is 5.97 Å². The minimum Gasteiger partial charge on any atom is -0.461 e. The molecule has 2 heterocycles. The Kier molecular flexibility index (Phi) is 5.15. The SMILES string of the molecule is C[C@H]1CCC=C2C[C@H]3OC(=O)[C@@H](C[NH2+]CC[NH+]4CCCC4)[C@H]3[C@H](O)[C@@]21C. The number of allylic oxidation sites excluding steroid dienone is 1. The zero-order valence-corrected chi connectivity index (χ0v) is 16.4. The molecule has 5 nitrogen and oxygen atoms in total. The fourth-order valence-corrected chi connectivity index (χ4v) is 6.06. The molecule has 1 saturated carbocycles. The van der Waals surface area contributed by atoms with Crippen LogP contribution >= 0.6 is 0 Å². The zero-order valence-electron chi connectivity index (χ0n) is 16.4. The number of likely N-dealkylation sites (tertiary alicyclic amines) is 1. The van der Waals surface area contributed by atoms with Crippen molar-refractivity contribution in [1.82, 2.24) is 0 Å². The molecule has 146 valence electrons. The maximum atomic E-state index is 12.6. The molecule has 4 rings (SSSR count). The topological polar surface area (TPSA) is 67.6 Å². The van der Waals surface area contributed by atoms with Crippen LogP contribution in [0.2, 0.25) is 0 Å². The molecule has 0 aromatic heterocycles. The summed E-state index contributed by atoms with van der Waals surface area (Å²) < 4.78 is 5.74. The minimum absolute atomic E-state index is 0.0411. The number of hydrogen-bond acceptors (Lipinski definition) is 3. The Bertz CT molecular complexity index is 572. The van der Waals surface area contributed by atoms with Gasteiger partial charge in [-0.25, -0.2) is 0 Å². The number of aliphatic hydroxyl groups excluding tert-OH is 1. The van der Waals surface area contributed by atoms with Crippen LogP contribution in [-0.2, 0) is 9.53 Å². The molecule has 0 spiro atoms. The van der Waals surface area contributed by atoms with Crippen LogP contribution in [0, 0.1) is 23.2 Å². The van der Waals surface area contributed by atoms with E-state index in [0.717, 1.165) is 32.4 Å². The third-order valence-corrected chi connectivity index (χ3v) is 8.00. The van der Waals surface area contributed by atoms with E-state index in [2.05, 4.69) is 25.2 Å². The zero-order chi connectivity index (χ0) is 18.3. The first-order valence-corrected chi connectivity index (χ1v) is 10.7. The van der Waals surface area contributed by atoms with Crippen LogP contribution in [0.4, 0.5) is 0 Å². The van der Waals surface area contributed by atoms with Crippen LogP contribution in [0.3, 0.4) is 0 Å². The van der Waals surface area contributed by atoms with Crippen molar-refractivity contribution in [3.05, 3.63) is 11.6 Å². The summed E-state index contributed by atoms with van der Waals surface area (Å²) in [4.78, 5) is 14.2. The summed E-state index contributed by atoms with van der Waals surface area (Å²) in [5.41, 5.74) is 1.13. The number of nitrogens with two attached hydrogens (primary N) is 1. The maximum Gasteiger partial charge on any atom is 0.315 e. The number of nitrogens with one attached hydrogen (secondary N) is 1. The molecule has 6 atom stereocenters. The third-order valence-electron chi connectivity index (χ3n) is 8.00. The molecule has 4 aliphatic rings. The summed E-state index contributed by atoms with van der Waals surface area (Å²) in [5, 5.41) is 13.6. The number of fused-ring (bicyclic) bond motifs is 2. The summed E-state index contributed by atoms with van der Waals surface area (Å²) in [7, 11) is 0.